The Balaban J connectivity index is 2.10. The first-order valence-corrected chi connectivity index (χ1v) is 7.90. The minimum Gasteiger partial charge on any atom is -0.479 e. The van der Waals surface area contributed by atoms with E-state index in [0.29, 0.717) is 13.0 Å². The normalized spacial score (nSPS) is 18.0. The highest BCUT2D eigenvalue weighted by molar-refractivity contribution is 5.85. The molecule has 0 spiro atoms. The van der Waals surface area contributed by atoms with Crippen molar-refractivity contribution in [3.8, 4) is 0 Å². The van der Waals surface area contributed by atoms with Crippen molar-refractivity contribution < 1.29 is 14.7 Å². The van der Waals surface area contributed by atoms with E-state index in [9.17, 15) is 14.7 Å². The fraction of sp³-hybridized carbons (Fsp3) is 0.556. The second kappa shape index (κ2) is 6.51. The van der Waals surface area contributed by atoms with Gasteiger partial charge in [-0.1, -0.05) is 45.0 Å². The van der Waals surface area contributed by atoms with Gasteiger partial charge in [0.15, 0.2) is 6.04 Å². The molecule has 0 radical (unpaired) electrons. The maximum Gasteiger partial charge on any atom is 0.331 e. The molecule has 0 aromatic heterocycles. The summed E-state index contributed by atoms with van der Waals surface area (Å²) >= 11 is 0. The van der Waals surface area contributed by atoms with Crippen molar-refractivity contribution in [1.82, 2.24) is 4.90 Å². The molecule has 0 fully saturated rings. The van der Waals surface area contributed by atoms with E-state index in [1.54, 1.807) is 0 Å². The van der Waals surface area contributed by atoms with Crippen LogP contribution in [-0.4, -0.2) is 28.4 Å². The van der Waals surface area contributed by atoms with Crippen molar-refractivity contribution in [2.75, 3.05) is 6.54 Å². The molecule has 1 aliphatic heterocycles. The van der Waals surface area contributed by atoms with Crippen molar-refractivity contribution in [2.24, 2.45) is 5.41 Å². The molecule has 0 bridgehead atoms. The lowest BCUT2D eigenvalue weighted by Crippen LogP contribution is -2.43. The Morgan fingerprint density at radius 1 is 1.27 bits per heavy atom. The number of carboxylic acid groups (broad SMARTS) is 1. The number of hydrogen-bond donors (Lipinski definition) is 1. The number of carbonyl (C=O) groups excluding carboxylic acids is 1. The molecule has 1 atom stereocenters. The molecule has 1 heterocycles. The van der Waals surface area contributed by atoms with Gasteiger partial charge in [0, 0.05) is 13.0 Å². The van der Waals surface area contributed by atoms with Crippen molar-refractivity contribution in [3.63, 3.8) is 0 Å². The summed E-state index contributed by atoms with van der Waals surface area (Å²) in [6.07, 6.45) is 2.90. The van der Waals surface area contributed by atoms with Crippen LogP contribution in [0.3, 0.4) is 0 Å². The molecular weight excluding hydrogens is 278 g/mol. The summed E-state index contributed by atoms with van der Waals surface area (Å²) < 4.78 is 0. The van der Waals surface area contributed by atoms with E-state index in [2.05, 4.69) is 20.8 Å². The Bertz CT molecular complexity index is 560. The molecule has 0 aliphatic carbocycles. The van der Waals surface area contributed by atoms with E-state index in [1.807, 2.05) is 24.3 Å². The first-order chi connectivity index (χ1) is 10.3. The van der Waals surface area contributed by atoms with Crippen LogP contribution >= 0.6 is 0 Å². The molecule has 1 amide bonds. The van der Waals surface area contributed by atoms with Crippen LogP contribution in [0.2, 0.25) is 0 Å². The largest absolute Gasteiger partial charge is 0.479 e. The lowest BCUT2D eigenvalue weighted by Gasteiger charge is -2.35. The molecule has 0 saturated carbocycles. The molecule has 1 aliphatic rings. The maximum absolute atomic E-state index is 12.5. The molecule has 4 heteroatoms. The number of hydrogen-bond acceptors (Lipinski definition) is 2. The number of rotatable bonds is 4. The smallest absolute Gasteiger partial charge is 0.331 e. The predicted molar refractivity (Wildman–Crippen MR) is 85.5 cm³/mol. The van der Waals surface area contributed by atoms with Crippen LogP contribution in [0.1, 0.15) is 57.2 Å². The Morgan fingerprint density at radius 2 is 1.95 bits per heavy atom. The van der Waals surface area contributed by atoms with E-state index in [0.717, 1.165) is 30.4 Å². The van der Waals surface area contributed by atoms with Gasteiger partial charge in [-0.25, -0.2) is 4.79 Å². The predicted octanol–water partition coefficient (Wildman–Crippen LogP) is 3.41. The quantitative estimate of drug-likeness (QED) is 0.927. The third-order valence-corrected chi connectivity index (χ3v) is 4.16. The summed E-state index contributed by atoms with van der Waals surface area (Å²) in [7, 11) is 0. The van der Waals surface area contributed by atoms with E-state index in [4.69, 9.17) is 0 Å². The van der Waals surface area contributed by atoms with Crippen LogP contribution in [0, 0.1) is 5.41 Å². The monoisotopic (exact) mass is 303 g/mol. The van der Waals surface area contributed by atoms with E-state index >= 15 is 0 Å². The molecule has 1 aromatic rings. The highest BCUT2D eigenvalue weighted by atomic mass is 16.4. The average Bonchev–Trinajstić information content (AvgIpc) is 2.44. The molecule has 1 unspecified atom stereocenters. The minimum atomic E-state index is -0.948. The Labute approximate surface area is 132 Å². The zero-order valence-corrected chi connectivity index (χ0v) is 13.6. The summed E-state index contributed by atoms with van der Waals surface area (Å²) in [6, 6.07) is 6.68. The van der Waals surface area contributed by atoms with Crippen molar-refractivity contribution in [2.45, 2.75) is 52.5 Å². The number of amides is 1. The summed E-state index contributed by atoms with van der Waals surface area (Å²) in [4.78, 5) is 25.7. The van der Waals surface area contributed by atoms with Crippen molar-refractivity contribution >= 4 is 11.9 Å². The highest BCUT2D eigenvalue weighted by Crippen LogP contribution is 2.31. The van der Waals surface area contributed by atoms with Gasteiger partial charge in [-0.05, 0) is 35.8 Å². The van der Waals surface area contributed by atoms with Gasteiger partial charge in [-0.3, -0.25) is 4.79 Å². The Kier molecular flexibility index (Phi) is 4.89. The fourth-order valence-electron chi connectivity index (χ4n) is 3.02. The van der Waals surface area contributed by atoms with Gasteiger partial charge in [0.25, 0.3) is 0 Å². The number of aliphatic carboxylic acids is 1. The van der Waals surface area contributed by atoms with Crippen LogP contribution in [0.5, 0.6) is 0 Å². The summed E-state index contributed by atoms with van der Waals surface area (Å²) in [5.74, 6) is -0.998. The van der Waals surface area contributed by atoms with E-state index in [1.165, 1.54) is 4.90 Å². The number of carbonyl (C=O) groups is 2. The summed E-state index contributed by atoms with van der Waals surface area (Å²) in [5.41, 5.74) is 1.99. The minimum absolute atomic E-state index is 0.0499. The van der Waals surface area contributed by atoms with Gasteiger partial charge < -0.3 is 10.0 Å². The van der Waals surface area contributed by atoms with Crippen LogP contribution in [-0.2, 0) is 16.0 Å². The van der Waals surface area contributed by atoms with Crippen LogP contribution in [0.25, 0.3) is 0 Å². The molecule has 1 N–H and O–H groups in total. The standard InChI is InChI=1S/C18H25NO3/c1-18(2,3)11-6-9-15(20)19-12-10-13-7-4-5-8-14(13)16(19)17(21)22/h4-5,7-8,16H,6,9-12H2,1-3H3,(H,21,22). The van der Waals surface area contributed by atoms with Gasteiger partial charge >= 0.3 is 5.97 Å². The number of benzene rings is 1. The molecule has 120 valence electrons. The van der Waals surface area contributed by atoms with Crippen LogP contribution in [0.15, 0.2) is 24.3 Å². The van der Waals surface area contributed by atoms with Gasteiger partial charge in [0.1, 0.15) is 0 Å². The molecular formula is C18H25NO3. The zero-order chi connectivity index (χ0) is 16.3. The molecule has 22 heavy (non-hydrogen) atoms. The number of fused-ring (bicyclic) bond motifs is 1. The SMILES string of the molecule is CC(C)(C)CCCC(=O)N1CCc2ccccc2C1C(=O)O. The second-order valence-corrected chi connectivity index (χ2v) is 7.19. The zero-order valence-electron chi connectivity index (χ0n) is 13.6. The number of nitrogens with zero attached hydrogens (tertiary/aromatic N) is 1. The number of carboxylic acids is 1. The lowest BCUT2D eigenvalue weighted by molar-refractivity contribution is -0.151. The van der Waals surface area contributed by atoms with Crippen molar-refractivity contribution in [1.29, 1.82) is 0 Å². The van der Waals surface area contributed by atoms with Gasteiger partial charge in [-0.2, -0.15) is 0 Å². The molecule has 0 saturated heterocycles. The Hall–Kier alpha value is -1.84. The van der Waals surface area contributed by atoms with Crippen molar-refractivity contribution in [3.05, 3.63) is 35.4 Å². The first-order valence-electron chi connectivity index (χ1n) is 7.90. The Morgan fingerprint density at radius 3 is 2.59 bits per heavy atom. The van der Waals surface area contributed by atoms with Gasteiger partial charge in [0.05, 0.1) is 0 Å². The van der Waals surface area contributed by atoms with E-state index < -0.39 is 12.0 Å². The van der Waals surface area contributed by atoms with Crippen LogP contribution < -0.4 is 0 Å². The molecule has 1 aromatic carbocycles. The molecule has 4 nitrogen and oxygen atoms in total. The molecule has 2 rings (SSSR count). The third-order valence-electron chi connectivity index (χ3n) is 4.16. The maximum atomic E-state index is 12.5. The third kappa shape index (κ3) is 3.87. The average molecular weight is 303 g/mol. The van der Waals surface area contributed by atoms with Crippen LogP contribution in [0.4, 0.5) is 0 Å². The summed E-state index contributed by atoms with van der Waals surface area (Å²) in [5, 5.41) is 9.57. The topological polar surface area (TPSA) is 57.6 Å². The lowest BCUT2D eigenvalue weighted by atomic mass is 9.89. The second-order valence-electron chi connectivity index (χ2n) is 7.19. The fourth-order valence-corrected chi connectivity index (χ4v) is 3.02. The highest BCUT2D eigenvalue weighted by Gasteiger charge is 2.35. The van der Waals surface area contributed by atoms with Gasteiger partial charge in [0.2, 0.25) is 5.91 Å². The summed E-state index contributed by atoms with van der Waals surface area (Å²) in [6.45, 7) is 6.93. The first kappa shape index (κ1) is 16.5. The van der Waals surface area contributed by atoms with E-state index in [-0.39, 0.29) is 11.3 Å². The van der Waals surface area contributed by atoms with Gasteiger partial charge in [-0.15, -0.1) is 0 Å².